The number of ketones is 1. The van der Waals surface area contributed by atoms with Crippen LogP contribution in [0.4, 0.5) is 10.5 Å². The molecule has 0 radical (unpaired) electrons. The molecule has 0 fully saturated rings. The van der Waals surface area contributed by atoms with Crippen LogP contribution < -0.4 is 5.32 Å². The summed E-state index contributed by atoms with van der Waals surface area (Å²) in [7, 11) is -1.23. The van der Waals surface area contributed by atoms with E-state index in [1.54, 1.807) is 0 Å². The van der Waals surface area contributed by atoms with Crippen LogP contribution in [0, 0.1) is 0 Å². The summed E-state index contributed by atoms with van der Waals surface area (Å²) in [6.45, 7) is 0. The minimum Gasteiger partial charge on any atom is -0.493 e. The second-order valence-electron chi connectivity index (χ2n) is 5.02. The molecule has 0 unspecified atom stereocenters. The van der Waals surface area contributed by atoms with E-state index < -0.39 is 21.7 Å². The highest BCUT2D eigenvalue weighted by Gasteiger charge is 2.26. The van der Waals surface area contributed by atoms with Gasteiger partial charge in [-0.2, -0.15) is 5.10 Å². The largest absolute Gasteiger partial charge is 0.493 e. The molecule has 11 heteroatoms. The molecule has 0 aliphatic rings. The van der Waals surface area contributed by atoms with Crippen molar-refractivity contribution < 1.29 is 27.9 Å². The lowest BCUT2D eigenvalue weighted by molar-refractivity contribution is 0.103. The number of methoxy groups -OCH3 is 1. The van der Waals surface area contributed by atoms with Gasteiger partial charge in [-0.25, -0.2) is 17.9 Å². The molecule has 0 saturated carbocycles. The maximum Gasteiger partial charge on any atom is 0.411 e. The number of aromatic hydroxyl groups is 1. The quantitative estimate of drug-likeness (QED) is 0.762. The van der Waals surface area contributed by atoms with Gasteiger partial charge in [0.1, 0.15) is 5.56 Å². The van der Waals surface area contributed by atoms with Crippen LogP contribution in [0.2, 0.25) is 5.02 Å². The highest BCUT2D eigenvalue weighted by atomic mass is 35.5. The minimum absolute atomic E-state index is 0.122. The van der Waals surface area contributed by atoms with Crippen LogP contribution in [0.25, 0.3) is 0 Å². The fraction of sp³-hybridized carbons (Fsp3) is 0.214. The van der Waals surface area contributed by atoms with E-state index in [1.807, 2.05) is 0 Å². The van der Waals surface area contributed by atoms with Crippen LogP contribution in [-0.2, 0) is 21.6 Å². The number of amides is 1. The van der Waals surface area contributed by atoms with E-state index in [1.165, 1.54) is 13.1 Å². The van der Waals surface area contributed by atoms with Gasteiger partial charge in [0.25, 0.3) is 0 Å². The average Bonchev–Trinajstić information content (AvgIpc) is 2.86. The SMILES string of the molecule is COC(=O)Nc1c(S(C)(=O)=O)ccc(C(=O)c2cnn(C)c2O)c1Cl. The van der Waals surface area contributed by atoms with E-state index in [-0.39, 0.29) is 32.6 Å². The van der Waals surface area contributed by atoms with Crippen molar-refractivity contribution in [1.82, 2.24) is 9.78 Å². The van der Waals surface area contributed by atoms with Gasteiger partial charge < -0.3 is 9.84 Å². The Kier molecular flexibility index (Phi) is 5.04. The smallest absolute Gasteiger partial charge is 0.411 e. The number of benzene rings is 1. The van der Waals surface area contributed by atoms with E-state index in [2.05, 4.69) is 15.2 Å². The van der Waals surface area contributed by atoms with Gasteiger partial charge in [0.2, 0.25) is 11.7 Å². The van der Waals surface area contributed by atoms with Crippen molar-refractivity contribution in [3.05, 3.63) is 34.5 Å². The van der Waals surface area contributed by atoms with Gasteiger partial charge in [-0.05, 0) is 12.1 Å². The van der Waals surface area contributed by atoms with Crippen LogP contribution in [0.1, 0.15) is 15.9 Å². The highest BCUT2D eigenvalue weighted by Crippen LogP contribution is 2.35. The molecule has 0 aliphatic carbocycles. The van der Waals surface area contributed by atoms with E-state index in [0.717, 1.165) is 30.3 Å². The molecule has 1 heterocycles. The van der Waals surface area contributed by atoms with E-state index in [0.29, 0.717) is 0 Å². The Balaban J connectivity index is 2.65. The number of nitrogens with one attached hydrogen (secondary N) is 1. The van der Waals surface area contributed by atoms with Crippen LogP contribution in [0.3, 0.4) is 0 Å². The predicted molar refractivity (Wildman–Crippen MR) is 88.9 cm³/mol. The summed E-state index contributed by atoms with van der Waals surface area (Å²) < 4.78 is 29.3. The maximum absolute atomic E-state index is 12.6. The standard InChI is InChI=1S/C14H14ClN3O6S/c1-18-13(20)8(6-16-18)12(19)7-4-5-9(25(3,22)23)11(10(7)15)17-14(21)24-2/h4-6,20H,1-3H3,(H,17,21). The Morgan fingerprint density at radius 3 is 2.44 bits per heavy atom. The molecule has 25 heavy (non-hydrogen) atoms. The third-order valence-corrected chi connectivity index (χ3v) is 4.84. The van der Waals surface area contributed by atoms with E-state index in [4.69, 9.17) is 11.6 Å². The van der Waals surface area contributed by atoms with Crippen molar-refractivity contribution in [1.29, 1.82) is 0 Å². The molecular formula is C14H14ClN3O6S. The lowest BCUT2D eigenvalue weighted by Crippen LogP contribution is -2.16. The average molecular weight is 388 g/mol. The molecule has 0 saturated heterocycles. The Hall–Kier alpha value is -2.59. The molecule has 0 bridgehead atoms. The molecule has 0 atom stereocenters. The fourth-order valence-electron chi connectivity index (χ4n) is 2.05. The third-order valence-electron chi connectivity index (χ3n) is 3.31. The predicted octanol–water partition coefficient (Wildman–Crippen LogP) is 1.59. The number of rotatable bonds is 4. The summed E-state index contributed by atoms with van der Waals surface area (Å²) in [6, 6.07) is 2.32. The number of carbonyl (C=O) groups is 2. The Bertz CT molecular complexity index is 967. The monoisotopic (exact) mass is 387 g/mol. The highest BCUT2D eigenvalue weighted by molar-refractivity contribution is 7.90. The first-order valence-corrected chi connectivity index (χ1v) is 8.98. The van der Waals surface area contributed by atoms with Crippen molar-refractivity contribution in [3.8, 4) is 5.88 Å². The van der Waals surface area contributed by atoms with Crippen LogP contribution in [0.15, 0.2) is 23.2 Å². The number of hydrogen-bond acceptors (Lipinski definition) is 7. The first kappa shape index (κ1) is 18.7. The molecule has 134 valence electrons. The van der Waals surface area contributed by atoms with Gasteiger partial charge in [0, 0.05) is 18.9 Å². The summed E-state index contributed by atoms with van der Waals surface area (Å²) in [4.78, 5) is 23.8. The number of halogens is 1. The number of ether oxygens (including phenoxy) is 1. The molecule has 1 aromatic heterocycles. The summed E-state index contributed by atoms with van der Waals surface area (Å²) in [5.41, 5.74) is -0.533. The maximum atomic E-state index is 12.6. The first-order valence-electron chi connectivity index (χ1n) is 6.71. The number of hydrogen-bond donors (Lipinski definition) is 2. The molecular weight excluding hydrogens is 374 g/mol. The topological polar surface area (TPSA) is 128 Å². The van der Waals surface area contributed by atoms with Crippen molar-refractivity contribution in [2.45, 2.75) is 4.90 Å². The summed E-state index contributed by atoms with van der Waals surface area (Å²) in [6.07, 6.45) is 1.11. The molecule has 2 rings (SSSR count). The van der Waals surface area contributed by atoms with Crippen molar-refractivity contribution in [2.75, 3.05) is 18.7 Å². The van der Waals surface area contributed by atoms with E-state index in [9.17, 15) is 23.1 Å². The molecule has 1 amide bonds. The lowest BCUT2D eigenvalue weighted by atomic mass is 10.1. The number of anilines is 1. The number of nitrogens with zero attached hydrogens (tertiary/aromatic N) is 2. The normalized spacial score (nSPS) is 11.2. The van der Waals surface area contributed by atoms with Gasteiger partial charge in [0.05, 0.1) is 28.9 Å². The van der Waals surface area contributed by atoms with Crippen molar-refractivity contribution in [3.63, 3.8) is 0 Å². The van der Waals surface area contributed by atoms with Crippen LogP contribution >= 0.6 is 11.6 Å². The summed E-state index contributed by atoms with van der Waals surface area (Å²) in [5.74, 6) is -1.07. The molecule has 0 spiro atoms. The van der Waals surface area contributed by atoms with Gasteiger partial charge in [0.15, 0.2) is 9.84 Å². The Morgan fingerprint density at radius 1 is 1.32 bits per heavy atom. The number of sulfone groups is 1. The Labute approximate surface area is 148 Å². The number of aryl methyl sites for hydroxylation is 1. The summed E-state index contributed by atoms with van der Waals surface area (Å²) >= 11 is 6.16. The zero-order valence-corrected chi connectivity index (χ0v) is 15.0. The fourth-order valence-corrected chi connectivity index (χ4v) is 3.24. The van der Waals surface area contributed by atoms with Crippen LogP contribution in [0.5, 0.6) is 5.88 Å². The second-order valence-corrected chi connectivity index (χ2v) is 7.39. The Morgan fingerprint density at radius 2 is 1.96 bits per heavy atom. The molecule has 2 N–H and O–H groups in total. The summed E-state index contributed by atoms with van der Waals surface area (Å²) in [5, 5.41) is 15.5. The van der Waals surface area contributed by atoms with Crippen LogP contribution in [-0.4, -0.2) is 48.5 Å². The minimum atomic E-state index is -3.75. The van der Waals surface area contributed by atoms with Crippen molar-refractivity contribution >= 4 is 39.0 Å². The zero-order valence-electron chi connectivity index (χ0n) is 13.4. The number of aromatic nitrogens is 2. The van der Waals surface area contributed by atoms with Crippen molar-refractivity contribution in [2.24, 2.45) is 7.05 Å². The molecule has 1 aromatic carbocycles. The molecule has 0 aliphatic heterocycles. The number of carbonyl (C=O) groups excluding carboxylic acids is 2. The van der Waals surface area contributed by atoms with Gasteiger partial charge in [-0.15, -0.1) is 0 Å². The molecule has 2 aromatic rings. The van der Waals surface area contributed by atoms with Gasteiger partial charge in [-0.1, -0.05) is 11.6 Å². The van der Waals surface area contributed by atoms with E-state index >= 15 is 0 Å². The molecule has 9 nitrogen and oxygen atoms in total. The zero-order chi connectivity index (χ0) is 18.9. The second kappa shape index (κ2) is 6.73. The lowest BCUT2D eigenvalue weighted by Gasteiger charge is -2.13. The van der Waals surface area contributed by atoms with Gasteiger partial charge >= 0.3 is 6.09 Å². The third kappa shape index (κ3) is 3.59. The first-order chi connectivity index (χ1) is 11.6. The van der Waals surface area contributed by atoms with Gasteiger partial charge in [-0.3, -0.25) is 10.1 Å².